The molecule has 3 rings (SSSR count). The Morgan fingerprint density at radius 2 is 1.47 bits per heavy atom. The minimum Gasteiger partial charge on any atom is -0.432 e. The molecule has 2 aromatic carbocycles. The van der Waals surface area contributed by atoms with Gasteiger partial charge in [0.25, 0.3) is 0 Å². The average Bonchev–Trinajstić information content (AvgIpc) is 2.70. The molecule has 2 aromatic rings. The zero-order chi connectivity index (χ0) is 21.6. The van der Waals surface area contributed by atoms with Gasteiger partial charge in [0.15, 0.2) is 8.32 Å². The molecule has 3 atom stereocenters. The Labute approximate surface area is 182 Å². The number of benzene rings is 2. The summed E-state index contributed by atoms with van der Waals surface area (Å²) in [5.74, 6) is 0. The first-order valence-electron chi connectivity index (χ1n) is 11.0. The Balaban J connectivity index is 1.54. The number of rotatable bonds is 11. The van der Waals surface area contributed by atoms with Crippen LogP contribution in [-0.2, 0) is 22.7 Å². The Morgan fingerprint density at radius 3 is 2.03 bits per heavy atom. The molecular formula is C25H37NO3Si. The molecule has 4 nitrogen and oxygen atoms in total. The fourth-order valence-corrected chi connectivity index (χ4v) is 4.47. The van der Waals surface area contributed by atoms with Gasteiger partial charge in [0, 0.05) is 6.04 Å². The zero-order valence-corrected chi connectivity index (χ0v) is 19.8. The Hall–Kier alpha value is -1.50. The third-order valence-electron chi connectivity index (χ3n) is 6.65. The summed E-state index contributed by atoms with van der Waals surface area (Å²) in [5.41, 5.74) is 2.38. The number of nitrogens with one attached hydrogen (secondary N) is 1. The highest BCUT2D eigenvalue weighted by atomic mass is 28.4. The van der Waals surface area contributed by atoms with E-state index in [9.17, 15) is 4.80 Å². The lowest BCUT2D eigenvalue weighted by molar-refractivity contribution is -0.0918. The molecule has 164 valence electrons. The van der Waals surface area contributed by atoms with Gasteiger partial charge in [-0.1, -0.05) is 74.5 Å². The van der Waals surface area contributed by atoms with E-state index >= 15 is 0 Å². The highest BCUT2D eigenvalue weighted by Crippen LogP contribution is 2.41. The van der Waals surface area contributed by atoms with Crippen LogP contribution in [0.25, 0.3) is 0 Å². The maximum absolute atomic E-state index is 10.6. The summed E-state index contributed by atoms with van der Waals surface area (Å²) in [6, 6.07) is 21.1. The van der Waals surface area contributed by atoms with E-state index in [1.54, 1.807) is 0 Å². The van der Waals surface area contributed by atoms with E-state index in [4.69, 9.17) is 9.47 Å². The molecule has 0 bridgehead atoms. The van der Waals surface area contributed by atoms with E-state index in [1.807, 2.05) is 49.5 Å². The lowest BCUT2D eigenvalue weighted by Crippen LogP contribution is -2.68. The molecule has 0 amide bonds. The van der Waals surface area contributed by atoms with Crippen LogP contribution in [-0.4, -0.2) is 37.9 Å². The monoisotopic (exact) mass is 427 g/mol. The van der Waals surface area contributed by atoms with Gasteiger partial charge in [-0.15, -0.1) is 0 Å². The molecule has 0 unspecified atom stereocenters. The predicted molar refractivity (Wildman–Crippen MR) is 125 cm³/mol. The zero-order valence-electron chi connectivity index (χ0n) is 18.8. The van der Waals surface area contributed by atoms with E-state index in [-0.39, 0.29) is 17.2 Å². The van der Waals surface area contributed by atoms with E-state index in [0.29, 0.717) is 25.9 Å². The van der Waals surface area contributed by atoms with Crippen molar-refractivity contribution in [2.75, 3.05) is 6.61 Å². The molecule has 0 aromatic heterocycles. The van der Waals surface area contributed by atoms with Gasteiger partial charge in [0.05, 0.1) is 32.0 Å². The largest absolute Gasteiger partial charge is 0.432 e. The molecule has 1 aliphatic heterocycles. The van der Waals surface area contributed by atoms with Gasteiger partial charge in [0.1, 0.15) is 0 Å². The lowest BCUT2D eigenvalue weighted by atomic mass is 9.87. The topological polar surface area (TPSA) is 50.7 Å². The second-order valence-electron chi connectivity index (χ2n) is 9.62. The third-order valence-corrected chi connectivity index (χ3v) is 10.2. The van der Waals surface area contributed by atoms with Crippen LogP contribution in [0, 0.1) is 0 Å². The highest BCUT2D eigenvalue weighted by molar-refractivity contribution is 6.72. The van der Waals surface area contributed by atoms with Crippen molar-refractivity contribution >= 4 is 8.32 Å². The van der Waals surface area contributed by atoms with E-state index < -0.39 is 8.32 Å². The minimum atomic E-state index is -2.20. The summed E-state index contributed by atoms with van der Waals surface area (Å²) in [6.07, 6.45) is 2.11. The molecule has 0 aliphatic carbocycles. The van der Waals surface area contributed by atoms with Crippen LogP contribution in [0.15, 0.2) is 60.7 Å². The summed E-state index contributed by atoms with van der Waals surface area (Å²) in [7, 11) is -2.20. The fraction of sp³-hybridized carbons (Fsp3) is 0.520. The van der Waals surface area contributed by atoms with Crippen LogP contribution in [0.3, 0.4) is 0 Å². The van der Waals surface area contributed by atoms with Gasteiger partial charge >= 0.3 is 0 Å². The van der Waals surface area contributed by atoms with Crippen molar-refractivity contribution in [2.24, 2.45) is 0 Å². The van der Waals surface area contributed by atoms with E-state index in [1.165, 1.54) is 11.1 Å². The average molecular weight is 428 g/mol. The van der Waals surface area contributed by atoms with Crippen LogP contribution in [0.2, 0.25) is 18.1 Å². The Bertz CT molecular complexity index is 761. The van der Waals surface area contributed by atoms with Crippen molar-refractivity contribution in [1.82, 2.24) is 5.32 Å². The standard InChI is InChI=1S/C25H37NO3Si/c1-25(2,30(3,4)27)16-15-22-24(29-18-21-13-9-6-10-14-21)23(26-22)19-28-17-20-11-7-5-8-12-20/h5-14,22-24,26-27H,15-19H2,1-4H3/t22-,23+,24-/m1/s1. The summed E-state index contributed by atoms with van der Waals surface area (Å²) in [4.78, 5) is 10.6. The van der Waals surface area contributed by atoms with Gasteiger partial charge in [-0.25, -0.2) is 0 Å². The molecule has 1 aliphatic rings. The summed E-state index contributed by atoms with van der Waals surface area (Å²) < 4.78 is 12.3. The van der Waals surface area contributed by atoms with E-state index in [2.05, 4.69) is 43.4 Å². The Kier molecular flexibility index (Phi) is 7.88. The molecule has 0 saturated carbocycles. The van der Waals surface area contributed by atoms with Crippen LogP contribution < -0.4 is 5.32 Å². The molecule has 0 radical (unpaired) electrons. The maximum Gasteiger partial charge on any atom is 0.188 e. The summed E-state index contributed by atoms with van der Waals surface area (Å²) in [5, 5.41) is 3.64. The molecule has 1 saturated heterocycles. The van der Waals surface area contributed by atoms with Crippen molar-refractivity contribution in [1.29, 1.82) is 0 Å². The third kappa shape index (κ3) is 6.25. The van der Waals surface area contributed by atoms with Gasteiger partial charge in [-0.05, 0) is 42.1 Å². The number of ether oxygens (including phenoxy) is 2. The molecule has 1 heterocycles. The molecule has 5 heteroatoms. The smallest absolute Gasteiger partial charge is 0.188 e. The van der Waals surface area contributed by atoms with Gasteiger partial charge in [-0.3, -0.25) is 0 Å². The van der Waals surface area contributed by atoms with Crippen molar-refractivity contribution in [3.05, 3.63) is 71.8 Å². The van der Waals surface area contributed by atoms with Crippen LogP contribution in [0.5, 0.6) is 0 Å². The molecule has 1 fully saturated rings. The first-order chi connectivity index (χ1) is 14.3. The summed E-state index contributed by atoms with van der Waals surface area (Å²) in [6.45, 7) is 10.3. The van der Waals surface area contributed by atoms with Crippen molar-refractivity contribution < 1.29 is 14.3 Å². The van der Waals surface area contributed by atoms with Crippen LogP contribution in [0.4, 0.5) is 0 Å². The highest BCUT2D eigenvalue weighted by Gasteiger charge is 2.44. The predicted octanol–water partition coefficient (Wildman–Crippen LogP) is 4.89. The van der Waals surface area contributed by atoms with Crippen LogP contribution >= 0.6 is 0 Å². The lowest BCUT2D eigenvalue weighted by Gasteiger charge is -2.47. The van der Waals surface area contributed by atoms with Gasteiger partial charge < -0.3 is 19.6 Å². The summed E-state index contributed by atoms with van der Waals surface area (Å²) >= 11 is 0. The molecular weight excluding hydrogens is 390 g/mol. The van der Waals surface area contributed by atoms with Crippen molar-refractivity contribution in [3.63, 3.8) is 0 Å². The minimum absolute atomic E-state index is 0.0203. The normalized spacial score (nSPS) is 22.0. The second-order valence-corrected chi connectivity index (χ2v) is 14.1. The fourth-order valence-electron chi connectivity index (χ4n) is 3.72. The van der Waals surface area contributed by atoms with Gasteiger partial charge in [-0.2, -0.15) is 0 Å². The number of hydrogen-bond acceptors (Lipinski definition) is 4. The van der Waals surface area contributed by atoms with Gasteiger partial charge in [0.2, 0.25) is 0 Å². The SMILES string of the molecule is CC(C)(CC[C@H]1N[C@@H](COCc2ccccc2)[C@@H]1OCc1ccccc1)[Si](C)(C)O. The Morgan fingerprint density at radius 1 is 0.900 bits per heavy atom. The molecule has 2 N–H and O–H groups in total. The molecule has 0 spiro atoms. The maximum atomic E-state index is 10.6. The number of hydrogen-bond donors (Lipinski definition) is 2. The van der Waals surface area contributed by atoms with E-state index in [0.717, 1.165) is 12.8 Å². The quantitative estimate of drug-likeness (QED) is 0.502. The second kappa shape index (κ2) is 10.2. The molecule has 30 heavy (non-hydrogen) atoms. The van der Waals surface area contributed by atoms with Crippen LogP contribution in [0.1, 0.15) is 37.8 Å². The first-order valence-corrected chi connectivity index (χ1v) is 14.0. The first kappa shape index (κ1) is 23.2. The van der Waals surface area contributed by atoms with Crippen molar-refractivity contribution in [2.45, 2.75) is 76.2 Å². The van der Waals surface area contributed by atoms with Crippen molar-refractivity contribution in [3.8, 4) is 0 Å².